The molecule has 2 N–H and O–H groups in total. The smallest absolute Gasteiger partial charge is 0.255 e. The second kappa shape index (κ2) is 12.6. The molecule has 0 unspecified atom stereocenters. The molecule has 4 heterocycles. The molecule has 0 spiro atoms. The van der Waals surface area contributed by atoms with Crippen LogP contribution in [0.5, 0.6) is 0 Å². The molecule has 11 heteroatoms. The summed E-state index contributed by atoms with van der Waals surface area (Å²) in [6.45, 7) is 3.90. The highest BCUT2D eigenvalue weighted by atomic mass is 35.5. The van der Waals surface area contributed by atoms with E-state index >= 15 is 0 Å². The van der Waals surface area contributed by atoms with E-state index in [0.29, 0.717) is 18.2 Å². The minimum absolute atomic E-state index is 0. The highest BCUT2D eigenvalue weighted by Crippen LogP contribution is 2.26. The Bertz CT molecular complexity index is 1150. The number of hydrogen-bond donors (Lipinski definition) is 2. The van der Waals surface area contributed by atoms with Gasteiger partial charge in [-0.25, -0.2) is 4.98 Å². The number of halogens is 3. The Morgan fingerprint density at radius 2 is 1.69 bits per heavy atom. The lowest BCUT2D eigenvalue weighted by molar-refractivity contribution is 0.198. The number of piperazine rings is 1. The Morgan fingerprint density at radius 1 is 0.971 bits per heavy atom. The molecule has 2 saturated heterocycles. The summed E-state index contributed by atoms with van der Waals surface area (Å²) in [5.41, 5.74) is 3.82. The number of rotatable bonds is 4. The zero-order valence-corrected chi connectivity index (χ0v) is 21.9. The van der Waals surface area contributed by atoms with Gasteiger partial charge in [-0.1, -0.05) is 12.1 Å². The van der Waals surface area contributed by atoms with Crippen molar-refractivity contribution in [3.8, 4) is 11.3 Å². The van der Waals surface area contributed by atoms with Crippen LogP contribution in [-0.4, -0.2) is 58.5 Å². The molecular formula is C24H31Cl3N6O2. The van der Waals surface area contributed by atoms with E-state index in [4.69, 9.17) is 4.98 Å². The van der Waals surface area contributed by atoms with Crippen LogP contribution in [0, 0.1) is 0 Å². The van der Waals surface area contributed by atoms with E-state index in [2.05, 4.69) is 44.4 Å². The first-order chi connectivity index (χ1) is 15.6. The monoisotopic (exact) mass is 540 g/mol. The lowest BCUT2D eigenvalue weighted by atomic mass is 10.0. The summed E-state index contributed by atoms with van der Waals surface area (Å²) in [4.78, 5) is 25.9. The van der Waals surface area contributed by atoms with Gasteiger partial charge in [0.15, 0.2) is 0 Å². The van der Waals surface area contributed by atoms with E-state index < -0.39 is 0 Å². The summed E-state index contributed by atoms with van der Waals surface area (Å²) in [5.74, 6) is 0.679. The number of β-amino-alcohol motifs (C(OH)–C–C–N with tert-alkyl or cyclic N) is 1. The van der Waals surface area contributed by atoms with Gasteiger partial charge in [-0.3, -0.25) is 14.3 Å². The molecule has 35 heavy (non-hydrogen) atoms. The van der Waals surface area contributed by atoms with Crippen LogP contribution >= 0.6 is 37.2 Å². The maximum Gasteiger partial charge on any atom is 0.255 e. The maximum absolute atomic E-state index is 12.7. The fourth-order valence-electron chi connectivity index (χ4n) is 4.53. The van der Waals surface area contributed by atoms with Gasteiger partial charge in [0, 0.05) is 75.5 Å². The van der Waals surface area contributed by atoms with Crippen LogP contribution < -0.4 is 20.7 Å². The van der Waals surface area contributed by atoms with Crippen molar-refractivity contribution < 1.29 is 5.11 Å². The third kappa shape index (κ3) is 6.26. The Kier molecular flexibility index (Phi) is 10.4. The third-order valence-corrected chi connectivity index (χ3v) is 6.37. The summed E-state index contributed by atoms with van der Waals surface area (Å²) in [6, 6.07) is 14.0. The minimum atomic E-state index is -0.231. The molecule has 2 fully saturated rings. The van der Waals surface area contributed by atoms with Gasteiger partial charge in [0.1, 0.15) is 0 Å². The lowest BCUT2D eigenvalue weighted by Gasteiger charge is -2.35. The van der Waals surface area contributed by atoms with Crippen molar-refractivity contribution in [3.63, 3.8) is 0 Å². The number of nitrogens with one attached hydrogen (secondary N) is 1. The summed E-state index contributed by atoms with van der Waals surface area (Å²) in [6.07, 6.45) is 4.01. The average molecular weight is 542 g/mol. The predicted molar refractivity (Wildman–Crippen MR) is 147 cm³/mol. The molecule has 0 aliphatic carbocycles. The molecule has 2 aliphatic heterocycles. The summed E-state index contributed by atoms with van der Waals surface area (Å²) in [5, 5.41) is 13.4. The van der Waals surface area contributed by atoms with Gasteiger partial charge in [-0.15, -0.1) is 37.2 Å². The molecule has 190 valence electrons. The summed E-state index contributed by atoms with van der Waals surface area (Å²) >= 11 is 0. The quantitative estimate of drug-likeness (QED) is 0.525. The van der Waals surface area contributed by atoms with Crippen LogP contribution in [0.3, 0.4) is 0 Å². The van der Waals surface area contributed by atoms with Crippen LogP contribution in [0.25, 0.3) is 11.3 Å². The van der Waals surface area contributed by atoms with E-state index in [9.17, 15) is 9.90 Å². The Balaban J connectivity index is 0.00000144. The standard InChI is InChI=1S/C24H28N6O2.3ClH/c1-28-23(32)14-21(18-6-9-25-10-7-18)27-24(28)30-13-11-26-22(16-30)17-2-4-19(5-3-17)29-12-8-20(31)15-29;;;/h2-7,9-10,14,20,22,26,31H,8,11-13,15-16H2,1H3;3*1H/t20-,22-;;;/m1.../s1. The van der Waals surface area contributed by atoms with Gasteiger partial charge < -0.3 is 20.2 Å². The van der Waals surface area contributed by atoms with Gasteiger partial charge in [0.05, 0.1) is 11.8 Å². The Morgan fingerprint density at radius 3 is 2.34 bits per heavy atom. The third-order valence-electron chi connectivity index (χ3n) is 6.37. The summed E-state index contributed by atoms with van der Waals surface area (Å²) in [7, 11) is 1.78. The zero-order chi connectivity index (χ0) is 22.1. The number of hydrogen-bond acceptors (Lipinski definition) is 7. The normalized spacial score (nSPS) is 19.4. The minimum Gasteiger partial charge on any atom is -0.391 e. The molecule has 2 aromatic heterocycles. The van der Waals surface area contributed by atoms with Gasteiger partial charge in [-0.2, -0.15) is 0 Å². The molecule has 0 bridgehead atoms. The molecule has 8 nitrogen and oxygen atoms in total. The Labute approximate surface area is 223 Å². The molecule has 3 aromatic rings. The van der Waals surface area contributed by atoms with Gasteiger partial charge >= 0.3 is 0 Å². The average Bonchev–Trinajstić information content (AvgIpc) is 3.28. The molecule has 5 rings (SSSR count). The van der Waals surface area contributed by atoms with Crippen LogP contribution in [-0.2, 0) is 7.05 Å². The fraction of sp³-hybridized carbons (Fsp3) is 0.375. The van der Waals surface area contributed by atoms with Crippen molar-refractivity contribution in [2.75, 3.05) is 42.5 Å². The van der Waals surface area contributed by atoms with E-state index in [1.807, 2.05) is 12.1 Å². The van der Waals surface area contributed by atoms with Crippen molar-refractivity contribution in [2.45, 2.75) is 18.6 Å². The second-order valence-electron chi connectivity index (χ2n) is 8.51. The number of nitrogens with zero attached hydrogens (tertiary/aromatic N) is 5. The van der Waals surface area contributed by atoms with E-state index in [1.54, 1.807) is 30.1 Å². The number of aliphatic hydroxyl groups excluding tert-OH is 1. The molecule has 2 atom stereocenters. The van der Waals surface area contributed by atoms with Gasteiger partial charge in [0.25, 0.3) is 5.56 Å². The van der Waals surface area contributed by atoms with Crippen molar-refractivity contribution in [1.29, 1.82) is 0 Å². The molecular weight excluding hydrogens is 511 g/mol. The van der Waals surface area contributed by atoms with E-state index in [0.717, 1.165) is 43.9 Å². The number of pyridine rings is 1. The SMILES string of the molecule is Cl.Cl.Cl.Cn1c(N2CCN[C@@H](c3ccc(N4CC[C@@H](O)C4)cc3)C2)nc(-c2ccncc2)cc1=O. The molecule has 0 radical (unpaired) electrons. The highest BCUT2D eigenvalue weighted by Gasteiger charge is 2.25. The molecule has 2 aliphatic rings. The number of anilines is 2. The van der Waals surface area contributed by atoms with Crippen LogP contribution in [0.4, 0.5) is 11.6 Å². The van der Waals surface area contributed by atoms with Crippen LogP contribution in [0.1, 0.15) is 18.0 Å². The molecule has 0 amide bonds. The predicted octanol–water partition coefficient (Wildman–Crippen LogP) is 2.83. The van der Waals surface area contributed by atoms with Crippen molar-refractivity contribution in [1.82, 2.24) is 19.9 Å². The summed E-state index contributed by atoms with van der Waals surface area (Å²) < 4.78 is 1.62. The van der Waals surface area contributed by atoms with Gasteiger partial charge in [0.2, 0.25) is 5.95 Å². The lowest BCUT2D eigenvalue weighted by Crippen LogP contribution is -2.47. The topological polar surface area (TPSA) is 86.5 Å². The number of aliphatic hydroxyl groups is 1. The maximum atomic E-state index is 12.7. The van der Waals surface area contributed by atoms with Gasteiger partial charge in [-0.05, 0) is 36.2 Å². The first-order valence-electron chi connectivity index (χ1n) is 11.1. The largest absolute Gasteiger partial charge is 0.391 e. The zero-order valence-electron chi connectivity index (χ0n) is 19.4. The molecule has 1 aromatic carbocycles. The van der Waals surface area contributed by atoms with Crippen molar-refractivity contribution >= 4 is 48.9 Å². The van der Waals surface area contributed by atoms with E-state index in [-0.39, 0.29) is 54.9 Å². The first kappa shape index (κ1) is 28.9. The second-order valence-corrected chi connectivity index (χ2v) is 8.51. The van der Waals surface area contributed by atoms with E-state index in [1.165, 1.54) is 5.56 Å². The van der Waals surface area contributed by atoms with Crippen LogP contribution in [0.15, 0.2) is 59.7 Å². The fourth-order valence-corrected chi connectivity index (χ4v) is 4.53. The highest BCUT2D eigenvalue weighted by molar-refractivity contribution is 5.86. The first-order valence-corrected chi connectivity index (χ1v) is 11.1. The van der Waals surface area contributed by atoms with Crippen molar-refractivity contribution in [2.24, 2.45) is 7.05 Å². The number of benzene rings is 1. The molecule has 0 saturated carbocycles. The number of aromatic nitrogens is 3. The Hall–Kier alpha value is -2.36. The van der Waals surface area contributed by atoms with Crippen LogP contribution in [0.2, 0.25) is 0 Å². The van der Waals surface area contributed by atoms with Crippen molar-refractivity contribution in [3.05, 3.63) is 70.8 Å².